The predicted octanol–water partition coefficient (Wildman–Crippen LogP) is 4.23. The lowest BCUT2D eigenvalue weighted by molar-refractivity contribution is 0.489. The first-order chi connectivity index (χ1) is 9.63. The first-order valence-corrected chi connectivity index (χ1v) is 7.00. The van der Waals surface area contributed by atoms with Crippen molar-refractivity contribution in [3.05, 3.63) is 59.2 Å². The van der Waals surface area contributed by atoms with Crippen LogP contribution in [-0.2, 0) is 6.54 Å². The van der Waals surface area contributed by atoms with Crippen molar-refractivity contribution in [3.8, 4) is 0 Å². The average molecular weight is 268 g/mol. The van der Waals surface area contributed by atoms with Crippen LogP contribution in [0.1, 0.15) is 35.6 Å². The van der Waals surface area contributed by atoms with Crippen LogP contribution in [0.5, 0.6) is 0 Å². The van der Waals surface area contributed by atoms with Gasteiger partial charge in [0.15, 0.2) is 0 Å². The highest BCUT2D eigenvalue weighted by atomic mass is 16.3. The maximum Gasteiger partial charge on any atom is 0.105 e. The second-order valence-electron chi connectivity index (χ2n) is 5.37. The van der Waals surface area contributed by atoms with Gasteiger partial charge in [-0.1, -0.05) is 12.1 Å². The molecule has 1 aromatic carbocycles. The summed E-state index contributed by atoms with van der Waals surface area (Å²) in [5, 5.41) is 4.81. The van der Waals surface area contributed by atoms with Crippen molar-refractivity contribution in [2.75, 3.05) is 0 Å². The number of benzene rings is 1. The molecule has 2 heterocycles. The fraction of sp³-hybridized carbons (Fsp3) is 0.294. The van der Waals surface area contributed by atoms with E-state index >= 15 is 0 Å². The molecule has 0 bridgehead atoms. The molecule has 0 aliphatic rings. The third kappa shape index (κ3) is 2.49. The van der Waals surface area contributed by atoms with Crippen LogP contribution in [0.4, 0.5) is 0 Å². The van der Waals surface area contributed by atoms with E-state index in [2.05, 4.69) is 47.6 Å². The second kappa shape index (κ2) is 5.17. The summed E-state index contributed by atoms with van der Waals surface area (Å²) in [6, 6.07) is 11.0. The van der Waals surface area contributed by atoms with Crippen molar-refractivity contribution in [2.24, 2.45) is 0 Å². The van der Waals surface area contributed by atoms with E-state index < -0.39 is 0 Å². The number of fused-ring (bicyclic) bond motifs is 1. The first kappa shape index (κ1) is 13.0. The summed E-state index contributed by atoms with van der Waals surface area (Å²) in [7, 11) is 0. The molecule has 104 valence electrons. The maximum absolute atomic E-state index is 5.59. The van der Waals surface area contributed by atoms with Gasteiger partial charge in [0.1, 0.15) is 11.5 Å². The highest BCUT2D eigenvalue weighted by Crippen LogP contribution is 2.22. The Balaban J connectivity index is 1.70. The molecule has 0 saturated heterocycles. The largest absolute Gasteiger partial charge is 0.466 e. The van der Waals surface area contributed by atoms with E-state index in [0.29, 0.717) is 0 Å². The molecule has 0 radical (unpaired) electrons. The van der Waals surface area contributed by atoms with Gasteiger partial charge < -0.3 is 14.7 Å². The molecule has 3 rings (SSSR count). The Morgan fingerprint density at radius 1 is 1.20 bits per heavy atom. The summed E-state index contributed by atoms with van der Waals surface area (Å²) >= 11 is 0. The summed E-state index contributed by atoms with van der Waals surface area (Å²) in [5.41, 5.74) is 3.71. The Bertz CT molecular complexity index is 724. The predicted molar refractivity (Wildman–Crippen MR) is 81.7 cm³/mol. The highest BCUT2D eigenvalue weighted by Gasteiger charge is 2.12. The smallest absolute Gasteiger partial charge is 0.105 e. The third-order valence-corrected chi connectivity index (χ3v) is 3.78. The van der Waals surface area contributed by atoms with Gasteiger partial charge in [-0.3, -0.25) is 0 Å². The Hall–Kier alpha value is -2.00. The molecule has 0 aliphatic heterocycles. The van der Waals surface area contributed by atoms with E-state index in [-0.39, 0.29) is 6.04 Å². The van der Waals surface area contributed by atoms with E-state index in [1.807, 2.05) is 20.0 Å². The number of aromatic nitrogens is 1. The third-order valence-electron chi connectivity index (χ3n) is 3.78. The molecule has 0 amide bonds. The molecule has 3 heteroatoms. The van der Waals surface area contributed by atoms with E-state index in [1.54, 1.807) is 0 Å². The quantitative estimate of drug-likeness (QED) is 0.743. The highest BCUT2D eigenvalue weighted by molar-refractivity contribution is 5.79. The van der Waals surface area contributed by atoms with Crippen LogP contribution in [-0.4, -0.2) is 4.98 Å². The van der Waals surface area contributed by atoms with Gasteiger partial charge in [0.05, 0.1) is 0 Å². The molecular formula is C17H20N2O. The fourth-order valence-corrected chi connectivity index (χ4v) is 2.67. The molecule has 1 atom stereocenters. The molecule has 0 spiro atoms. The number of nitrogens with one attached hydrogen (secondary N) is 2. The summed E-state index contributed by atoms with van der Waals surface area (Å²) in [6.45, 7) is 7.03. The van der Waals surface area contributed by atoms with Crippen molar-refractivity contribution >= 4 is 10.9 Å². The fourth-order valence-electron chi connectivity index (χ4n) is 2.67. The molecule has 2 N–H and O–H groups in total. The molecule has 1 unspecified atom stereocenters. The Kier molecular flexibility index (Phi) is 3.36. The SMILES string of the molecule is Cc1cc(C(C)NCc2ccc3cc[nH]c3c2)c(C)o1. The van der Waals surface area contributed by atoms with Crippen molar-refractivity contribution in [1.29, 1.82) is 0 Å². The van der Waals surface area contributed by atoms with Crippen molar-refractivity contribution in [2.45, 2.75) is 33.4 Å². The van der Waals surface area contributed by atoms with Crippen LogP contribution < -0.4 is 5.32 Å². The minimum atomic E-state index is 0.284. The van der Waals surface area contributed by atoms with Gasteiger partial charge >= 0.3 is 0 Å². The molecule has 0 fully saturated rings. The van der Waals surface area contributed by atoms with Crippen molar-refractivity contribution in [1.82, 2.24) is 10.3 Å². The number of H-pyrrole nitrogens is 1. The number of hydrogen-bond acceptors (Lipinski definition) is 2. The molecule has 0 aliphatic carbocycles. The van der Waals surface area contributed by atoms with Gasteiger partial charge in [0.25, 0.3) is 0 Å². The maximum atomic E-state index is 5.59. The lowest BCUT2D eigenvalue weighted by Crippen LogP contribution is -2.18. The minimum absolute atomic E-state index is 0.284. The van der Waals surface area contributed by atoms with Gasteiger partial charge in [-0.2, -0.15) is 0 Å². The van der Waals surface area contributed by atoms with Crippen LogP contribution in [0.15, 0.2) is 40.9 Å². The van der Waals surface area contributed by atoms with Crippen LogP contribution in [0.2, 0.25) is 0 Å². The van der Waals surface area contributed by atoms with Crippen molar-refractivity contribution < 1.29 is 4.42 Å². The summed E-state index contributed by atoms with van der Waals surface area (Å²) in [5.74, 6) is 1.97. The minimum Gasteiger partial charge on any atom is -0.466 e. The molecule has 3 aromatic rings. The zero-order valence-electron chi connectivity index (χ0n) is 12.2. The molecular weight excluding hydrogens is 248 g/mol. The van der Waals surface area contributed by atoms with Gasteiger partial charge in [-0.05, 0) is 49.9 Å². The van der Waals surface area contributed by atoms with Gasteiger partial charge in [-0.15, -0.1) is 0 Å². The Morgan fingerprint density at radius 2 is 2.05 bits per heavy atom. The number of aromatic amines is 1. The first-order valence-electron chi connectivity index (χ1n) is 7.00. The zero-order valence-corrected chi connectivity index (χ0v) is 12.2. The average Bonchev–Trinajstić information content (AvgIpc) is 3.01. The van der Waals surface area contributed by atoms with Crippen LogP contribution >= 0.6 is 0 Å². The van der Waals surface area contributed by atoms with Crippen LogP contribution in [0.25, 0.3) is 10.9 Å². The monoisotopic (exact) mass is 268 g/mol. The second-order valence-corrected chi connectivity index (χ2v) is 5.37. The van der Waals surface area contributed by atoms with Gasteiger partial charge in [-0.25, -0.2) is 0 Å². The summed E-state index contributed by atoms with van der Waals surface area (Å²) in [6.07, 6.45) is 1.97. The van der Waals surface area contributed by atoms with Crippen LogP contribution in [0, 0.1) is 13.8 Å². The number of hydrogen-bond donors (Lipinski definition) is 2. The van der Waals surface area contributed by atoms with E-state index in [0.717, 1.165) is 18.1 Å². The standard InChI is InChI=1S/C17H20N2O/c1-11-8-16(13(3)20-11)12(2)19-10-14-4-5-15-6-7-18-17(15)9-14/h4-9,12,18-19H,10H2,1-3H3. The summed E-state index contributed by atoms with van der Waals surface area (Å²) in [4.78, 5) is 3.25. The lowest BCUT2D eigenvalue weighted by Gasteiger charge is -2.13. The topological polar surface area (TPSA) is 41.0 Å². The molecule has 2 aromatic heterocycles. The molecule has 20 heavy (non-hydrogen) atoms. The Morgan fingerprint density at radius 3 is 2.80 bits per heavy atom. The molecule has 0 saturated carbocycles. The number of rotatable bonds is 4. The number of aryl methyl sites for hydroxylation is 2. The Labute approximate surface area is 119 Å². The van der Waals surface area contributed by atoms with Gasteiger partial charge in [0.2, 0.25) is 0 Å². The molecule has 3 nitrogen and oxygen atoms in total. The number of furan rings is 1. The van der Waals surface area contributed by atoms with E-state index in [9.17, 15) is 0 Å². The lowest BCUT2D eigenvalue weighted by atomic mass is 10.1. The zero-order chi connectivity index (χ0) is 14.1. The normalized spacial score (nSPS) is 12.9. The van der Waals surface area contributed by atoms with Gasteiger partial charge in [0, 0.05) is 29.9 Å². The van der Waals surface area contributed by atoms with Crippen molar-refractivity contribution in [3.63, 3.8) is 0 Å². The van der Waals surface area contributed by atoms with E-state index in [4.69, 9.17) is 4.42 Å². The van der Waals surface area contributed by atoms with Crippen LogP contribution in [0.3, 0.4) is 0 Å². The summed E-state index contributed by atoms with van der Waals surface area (Å²) < 4.78 is 5.59. The van der Waals surface area contributed by atoms with E-state index in [1.165, 1.54) is 22.0 Å².